The predicted molar refractivity (Wildman–Crippen MR) is 97.6 cm³/mol. The van der Waals surface area contributed by atoms with Crippen molar-refractivity contribution in [2.24, 2.45) is 0 Å². The summed E-state index contributed by atoms with van der Waals surface area (Å²) in [6, 6.07) is 11.0. The van der Waals surface area contributed by atoms with Gasteiger partial charge in [-0.2, -0.15) is 0 Å². The highest BCUT2D eigenvalue weighted by Crippen LogP contribution is 2.36. The van der Waals surface area contributed by atoms with Gasteiger partial charge in [0.05, 0.1) is 14.2 Å². The van der Waals surface area contributed by atoms with Crippen molar-refractivity contribution in [3.63, 3.8) is 0 Å². The van der Waals surface area contributed by atoms with Crippen LogP contribution in [-0.2, 0) is 11.2 Å². The number of benzene rings is 1. The molecule has 2 unspecified atom stereocenters. The van der Waals surface area contributed by atoms with Crippen molar-refractivity contribution in [1.82, 2.24) is 9.88 Å². The number of carboxylic acid groups (broad SMARTS) is 1. The molecule has 1 saturated heterocycles. The van der Waals surface area contributed by atoms with Gasteiger partial charge in [0.2, 0.25) is 0 Å². The van der Waals surface area contributed by atoms with E-state index in [-0.39, 0.29) is 6.04 Å². The van der Waals surface area contributed by atoms with Gasteiger partial charge in [0, 0.05) is 24.4 Å². The largest absolute Gasteiger partial charge is 0.493 e. The first-order valence-corrected chi connectivity index (χ1v) is 8.74. The minimum atomic E-state index is -0.769. The zero-order valence-corrected chi connectivity index (χ0v) is 15.1. The van der Waals surface area contributed by atoms with Crippen LogP contribution in [-0.4, -0.2) is 47.8 Å². The minimum absolute atomic E-state index is 0.0895. The van der Waals surface area contributed by atoms with Gasteiger partial charge in [-0.3, -0.25) is 14.7 Å². The van der Waals surface area contributed by atoms with Crippen molar-refractivity contribution in [1.29, 1.82) is 0 Å². The number of carbonyl (C=O) groups is 1. The van der Waals surface area contributed by atoms with Crippen LogP contribution in [0.25, 0.3) is 0 Å². The summed E-state index contributed by atoms with van der Waals surface area (Å²) in [6.07, 6.45) is 3.95. The highest BCUT2D eigenvalue weighted by molar-refractivity contribution is 5.74. The first kappa shape index (κ1) is 18.2. The van der Waals surface area contributed by atoms with Crippen molar-refractivity contribution in [3.05, 3.63) is 53.9 Å². The molecule has 0 saturated carbocycles. The Morgan fingerprint density at radius 2 is 2.08 bits per heavy atom. The maximum absolute atomic E-state index is 11.7. The molecule has 26 heavy (non-hydrogen) atoms. The number of nitrogens with zero attached hydrogens (tertiary/aromatic N) is 2. The second-order valence-electron chi connectivity index (χ2n) is 6.39. The summed E-state index contributed by atoms with van der Waals surface area (Å²) in [7, 11) is 3.20. The standard InChI is InChI=1S/C20H24N2O4/c1-25-18-9-8-14(12-19(18)26-2)17(13-15-6-3-4-10-21-15)22-11-5-7-16(22)20(23)24/h3-4,6,8-10,12,16-17H,5,7,11,13H2,1-2H3,(H,23,24). The van der Waals surface area contributed by atoms with Crippen molar-refractivity contribution in [3.8, 4) is 11.5 Å². The van der Waals surface area contributed by atoms with E-state index in [1.165, 1.54) is 0 Å². The Labute approximate surface area is 153 Å². The summed E-state index contributed by atoms with van der Waals surface area (Å²) in [5, 5.41) is 9.63. The SMILES string of the molecule is COc1ccc(C(Cc2ccccn2)N2CCCC2C(=O)O)cc1OC. The van der Waals surface area contributed by atoms with Gasteiger partial charge in [0.1, 0.15) is 6.04 Å². The predicted octanol–water partition coefficient (Wildman–Crippen LogP) is 2.93. The van der Waals surface area contributed by atoms with E-state index in [2.05, 4.69) is 9.88 Å². The third-order valence-corrected chi connectivity index (χ3v) is 4.90. The number of aromatic nitrogens is 1. The molecule has 1 fully saturated rings. The molecule has 1 aromatic carbocycles. The molecule has 1 aliphatic rings. The number of ether oxygens (including phenoxy) is 2. The van der Waals surface area contributed by atoms with E-state index >= 15 is 0 Å². The van der Waals surface area contributed by atoms with Crippen LogP contribution in [0.5, 0.6) is 11.5 Å². The van der Waals surface area contributed by atoms with Crippen LogP contribution in [0.3, 0.4) is 0 Å². The molecule has 6 heteroatoms. The third kappa shape index (κ3) is 3.80. The summed E-state index contributed by atoms with van der Waals surface area (Å²) in [6.45, 7) is 0.753. The maximum Gasteiger partial charge on any atom is 0.320 e. The monoisotopic (exact) mass is 356 g/mol. The first-order valence-electron chi connectivity index (χ1n) is 8.74. The topological polar surface area (TPSA) is 71.9 Å². The van der Waals surface area contributed by atoms with Gasteiger partial charge in [-0.25, -0.2) is 0 Å². The number of pyridine rings is 1. The highest BCUT2D eigenvalue weighted by Gasteiger charge is 2.36. The van der Waals surface area contributed by atoms with Crippen molar-refractivity contribution in [2.45, 2.75) is 31.3 Å². The summed E-state index contributed by atoms with van der Waals surface area (Å²) in [4.78, 5) is 18.2. The molecule has 0 aliphatic carbocycles. The lowest BCUT2D eigenvalue weighted by Crippen LogP contribution is -2.39. The van der Waals surface area contributed by atoms with E-state index < -0.39 is 12.0 Å². The first-order chi connectivity index (χ1) is 12.6. The molecule has 1 aliphatic heterocycles. The van der Waals surface area contributed by atoms with Crippen molar-refractivity contribution >= 4 is 5.97 Å². The Morgan fingerprint density at radius 1 is 1.27 bits per heavy atom. The van der Waals surface area contributed by atoms with Crippen LogP contribution in [0.4, 0.5) is 0 Å². The fourth-order valence-electron chi connectivity index (χ4n) is 3.63. The lowest BCUT2D eigenvalue weighted by atomic mass is 9.98. The molecule has 1 aromatic heterocycles. The van der Waals surface area contributed by atoms with Crippen molar-refractivity contribution in [2.75, 3.05) is 20.8 Å². The zero-order valence-electron chi connectivity index (χ0n) is 15.1. The van der Waals surface area contributed by atoms with Gasteiger partial charge in [-0.1, -0.05) is 12.1 Å². The molecule has 0 spiro atoms. The number of methoxy groups -OCH3 is 2. The van der Waals surface area contributed by atoms with E-state index in [9.17, 15) is 9.90 Å². The Morgan fingerprint density at radius 3 is 2.73 bits per heavy atom. The molecule has 3 rings (SSSR count). The highest BCUT2D eigenvalue weighted by atomic mass is 16.5. The number of hydrogen-bond acceptors (Lipinski definition) is 5. The van der Waals surface area contributed by atoms with Crippen LogP contribution in [0.15, 0.2) is 42.6 Å². The molecular weight excluding hydrogens is 332 g/mol. The second-order valence-corrected chi connectivity index (χ2v) is 6.39. The number of rotatable bonds is 7. The van der Waals surface area contributed by atoms with Gasteiger partial charge in [0.25, 0.3) is 0 Å². The van der Waals surface area contributed by atoms with E-state index in [4.69, 9.17) is 9.47 Å². The maximum atomic E-state index is 11.7. The van der Waals surface area contributed by atoms with Crippen LogP contribution in [0.1, 0.15) is 30.1 Å². The summed E-state index contributed by atoms with van der Waals surface area (Å²) >= 11 is 0. The fraction of sp³-hybridized carbons (Fsp3) is 0.400. The molecule has 0 radical (unpaired) electrons. The third-order valence-electron chi connectivity index (χ3n) is 4.90. The molecule has 0 amide bonds. The Hall–Kier alpha value is -2.60. The van der Waals surface area contributed by atoms with Crippen LogP contribution < -0.4 is 9.47 Å². The molecule has 2 heterocycles. The Balaban J connectivity index is 1.98. The quantitative estimate of drug-likeness (QED) is 0.822. The lowest BCUT2D eigenvalue weighted by molar-refractivity contribution is -0.143. The van der Waals surface area contributed by atoms with E-state index in [1.54, 1.807) is 20.4 Å². The van der Waals surface area contributed by atoms with Gasteiger partial charge < -0.3 is 14.6 Å². The Kier molecular flexibility index (Phi) is 5.73. The van der Waals surface area contributed by atoms with E-state index in [1.807, 2.05) is 36.4 Å². The van der Waals surface area contributed by atoms with Crippen molar-refractivity contribution < 1.29 is 19.4 Å². The van der Waals surface area contributed by atoms with Gasteiger partial charge in [0.15, 0.2) is 11.5 Å². The number of hydrogen-bond donors (Lipinski definition) is 1. The summed E-state index contributed by atoms with van der Waals surface area (Å²) < 4.78 is 10.8. The van der Waals surface area contributed by atoms with Crippen LogP contribution in [0.2, 0.25) is 0 Å². The molecule has 1 N–H and O–H groups in total. The molecule has 2 aromatic rings. The van der Waals surface area contributed by atoms with Gasteiger partial charge >= 0.3 is 5.97 Å². The summed E-state index contributed by atoms with van der Waals surface area (Å²) in [5.74, 6) is 0.528. The van der Waals surface area contributed by atoms with Gasteiger partial charge in [-0.05, 0) is 49.2 Å². The van der Waals surface area contributed by atoms with E-state index in [0.29, 0.717) is 24.3 Å². The molecule has 2 atom stereocenters. The van der Waals surface area contributed by atoms with E-state index in [0.717, 1.165) is 24.2 Å². The normalized spacial score (nSPS) is 18.5. The van der Waals surface area contributed by atoms with Gasteiger partial charge in [-0.15, -0.1) is 0 Å². The average molecular weight is 356 g/mol. The number of aliphatic carboxylic acids is 1. The second kappa shape index (κ2) is 8.19. The fourth-order valence-corrected chi connectivity index (χ4v) is 3.63. The molecular formula is C20H24N2O4. The minimum Gasteiger partial charge on any atom is -0.493 e. The molecule has 0 bridgehead atoms. The number of carboxylic acids is 1. The lowest BCUT2D eigenvalue weighted by Gasteiger charge is -2.31. The molecule has 138 valence electrons. The average Bonchev–Trinajstić information content (AvgIpc) is 3.16. The smallest absolute Gasteiger partial charge is 0.320 e. The molecule has 6 nitrogen and oxygen atoms in total. The zero-order chi connectivity index (χ0) is 18.5. The summed E-state index contributed by atoms with van der Waals surface area (Å²) in [5.41, 5.74) is 1.93. The van der Waals surface area contributed by atoms with Crippen LogP contribution >= 0.6 is 0 Å². The number of likely N-dealkylation sites (tertiary alicyclic amines) is 1. The Bertz CT molecular complexity index is 751. The van der Waals surface area contributed by atoms with Crippen LogP contribution in [0, 0.1) is 0 Å².